The van der Waals surface area contributed by atoms with Gasteiger partial charge in [0.25, 0.3) is 0 Å². The van der Waals surface area contributed by atoms with Crippen LogP contribution >= 0.6 is 23.5 Å². The summed E-state index contributed by atoms with van der Waals surface area (Å²) in [6.07, 6.45) is 2.05. The Morgan fingerprint density at radius 2 is 2.20 bits per heavy atom. The van der Waals surface area contributed by atoms with Crippen LogP contribution in [0.1, 0.15) is 10.9 Å². The Bertz CT molecular complexity index is 481. The molecule has 0 spiro atoms. The van der Waals surface area contributed by atoms with Gasteiger partial charge in [0.05, 0.1) is 20.0 Å². The summed E-state index contributed by atoms with van der Waals surface area (Å²) in [4.78, 5) is 14.0. The molecule has 1 aromatic rings. The van der Waals surface area contributed by atoms with Crippen LogP contribution < -0.4 is 9.47 Å². The third-order valence-electron chi connectivity index (χ3n) is 3.20. The van der Waals surface area contributed by atoms with Gasteiger partial charge in [-0.05, 0) is 12.3 Å². The van der Waals surface area contributed by atoms with Crippen molar-refractivity contribution >= 4 is 29.4 Å². The van der Waals surface area contributed by atoms with E-state index in [-0.39, 0.29) is 11.3 Å². The van der Waals surface area contributed by atoms with Gasteiger partial charge in [0.15, 0.2) is 11.5 Å². The van der Waals surface area contributed by atoms with Crippen LogP contribution in [0.25, 0.3) is 0 Å². The first kappa shape index (κ1) is 15.4. The van der Waals surface area contributed by atoms with Crippen molar-refractivity contribution < 1.29 is 14.3 Å². The quantitative estimate of drug-likeness (QED) is 0.807. The molecule has 1 atom stereocenters. The molecule has 1 aliphatic heterocycles. The minimum absolute atomic E-state index is 0.0136. The molecule has 1 saturated heterocycles. The highest BCUT2D eigenvalue weighted by molar-refractivity contribution is 8.00. The molecule has 0 saturated carbocycles. The lowest BCUT2D eigenvalue weighted by atomic mass is 10.1. The Hall–Kier alpha value is -1.01. The van der Waals surface area contributed by atoms with Crippen molar-refractivity contribution in [3.8, 4) is 11.5 Å². The van der Waals surface area contributed by atoms with Crippen molar-refractivity contribution in [3.63, 3.8) is 0 Å². The molecule has 2 rings (SSSR count). The SMILES string of the molecule is COc1cccc(C2SCC(=O)N2CCSC)c1OC. The lowest BCUT2D eigenvalue weighted by molar-refractivity contribution is -0.127. The molecule has 0 aromatic heterocycles. The highest BCUT2D eigenvalue weighted by atomic mass is 32.2. The summed E-state index contributed by atoms with van der Waals surface area (Å²) < 4.78 is 10.8. The second-order valence-corrected chi connectivity index (χ2v) is 6.38. The largest absolute Gasteiger partial charge is 0.493 e. The predicted octanol–water partition coefficient (Wildman–Crippen LogP) is 2.64. The number of thioether (sulfide) groups is 2. The average molecular weight is 313 g/mol. The molecular weight excluding hydrogens is 294 g/mol. The van der Waals surface area contributed by atoms with Gasteiger partial charge in [0.1, 0.15) is 5.37 Å². The first-order valence-electron chi connectivity index (χ1n) is 6.33. The fourth-order valence-corrected chi connectivity index (χ4v) is 3.86. The summed E-state index contributed by atoms with van der Waals surface area (Å²) in [6, 6.07) is 5.81. The summed E-state index contributed by atoms with van der Waals surface area (Å²) in [5.41, 5.74) is 1.00. The van der Waals surface area contributed by atoms with Crippen molar-refractivity contribution in [3.05, 3.63) is 23.8 Å². The second kappa shape index (κ2) is 7.13. The predicted molar refractivity (Wildman–Crippen MR) is 84.8 cm³/mol. The number of para-hydroxylation sites is 1. The number of carbonyl (C=O) groups excluding carboxylic acids is 1. The number of benzene rings is 1. The smallest absolute Gasteiger partial charge is 0.233 e. The monoisotopic (exact) mass is 313 g/mol. The number of hydrogen-bond donors (Lipinski definition) is 0. The highest BCUT2D eigenvalue weighted by Crippen LogP contribution is 2.45. The standard InChI is InChI=1S/C14H19NO3S2/c1-17-11-6-4-5-10(13(11)18-2)14-15(7-8-19-3)12(16)9-20-14/h4-6,14H,7-9H2,1-3H3. The van der Waals surface area contributed by atoms with Crippen LogP contribution in [-0.2, 0) is 4.79 Å². The van der Waals surface area contributed by atoms with Crippen LogP contribution in [0, 0.1) is 0 Å². The maximum Gasteiger partial charge on any atom is 0.233 e. The molecule has 1 aromatic carbocycles. The molecule has 1 unspecified atom stereocenters. The van der Waals surface area contributed by atoms with Crippen molar-refractivity contribution in [1.82, 2.24) is 4.90 Å². The molecule has 0 bridgehead atoms. The topological polar surface area (TPSA) is 38.8 Å². The number of methoxy groups -OCH3 is 2. The van der Waals surface area contributed by atoms with Crippen LogP contribution in [0.4, 0.5) is 0 Å². The fraction of sp³-hybridized carbons (Fsp3) is 0.500. The summed E-state index contributed by atoms with van der Waals surface area (Å²) >= 11 is 3.39. The molecule has 1 heterocycles. The molecule has 0 N–H and O–H groups in total. The Kier molecular flexibility index (Phi) is 5.48. The molecule has 6 heteroatoms. The Labute approximate surface area is 128 Å². The molecule has 0 aliphatic carbocycles. The molecule has 1 amide bonds. The molecule has 0 radical (unpaired) electrons. The normalized spacial score (nSPS) is 18.4. The molecule has 1 aliphatic rings. The van der Waals surface area contributed by atoms with Crippen molar-refractivity contribution in [2.24, 2.45) is 0 Å². The van der Waals surface area contributed by atoms with E-state index in [2.05, 4.69) is 6.26 Å². The molecule has 20 heavy (non-hydrogen) atoms. The van der Waals surface area contributed by atoms with Gasteiger partial charge in [-0.2, -0.15) is 11.8 Å². The van der Waals surface area contributed by atoms with E-state index in [9.17, 15) is 4.79 Å². The maximum atomic E-state index is 12.0. The van der Waals surface area contributed by atoms with E-state index in [1.54, 1.807) is 37.7 Å². The number of hydrogen-bond acceptors (Lipinski definition) is 5. The van der Waals surface area contributed by atoms with Crippen LogP contribution in [0.5, 0.6) is 11.5 Å². The minimum Gasteiger partial charge on any atom is -0.493 e. The van der Waals surface area contributed by atoms with Crippen LogP contribution in [0.15, 0.2) is 18.2 Å². The zero-order valence-electron chi connectivity index (χ0n) is 11.9. The van der Waals surface area contributed by atoms with E-state index in [1.807, 2.05) is 23.1 Å². The summed E-state index contributed by atoms with van der Waals surface area (Å²) in [6.45, 7) is 0.762. The van der Waals surface area contributed by atoms with E-state index >= 15 is 0 Å². The maximum absolute atomic E-state index is 12.0. The third kappa shape index (κ3) is 3.01. The van der Waals surface area contributed by atoms with Gasteiger partial charge in [0.2, 0.25) is 5.91 Å². The first-order chi connectivity index (χ1) is 9.72. The van der Waals surface area contributed by atoms with Crippen LogP contribution in [0.3, 0.4) is 0 Å². The van der Waals surface area contributed by atoms with Gasteiger partial charge in [-0.1, -0.05) is 12.1 Å². The zero-order chi connectivity index (χ0) is 14.5. The van der Waals surface area contributed by atoms with E-state index in [4.69, 9.17) is 9.47 Å². The molecule has 4 nitrogen and oxygen atoms in total. The number of ether oxygens (including phenoxy) is 2. The van der Waals surface area contributed by atoms with E-state index in [0.29, 0.717) is 11.5 Å². The number of nitrogens with zero attached hydrogens (tertiary/aromatic N) is 1. The number of rotatable bonds is 6. The fourth-order valence-electron chi connectivity index (χ4n) is 2.25. The zero-order valence-corrected chi connectivity index (χ0v) is 13.6. The van der Waals surface area contributed by atoms with E-state index in [1.165, 1.54) is 0 Å². The van der Waals surface area contributed by atoms with E-state index in [0.717, 1.165) is 23.6 Å². The molecular formula is C14H19NO3S2. The van der Waals surface area contributed by atoms with Crippen LogP contribution in [0.2, 0.25) is 0 Å². The van der Waals surface area contributed by atoms with Gasteiger partial charge in [0, 0.05) is 17.9 Å². The molecule has 110 valence electrons. The first-order valence-corrected chi connectivity index (χ1v) is 8.78. The minimum atomic E-state index is 0.0136. The average Bonchev–Trinajstić information content (AvgIpc) is 2.84. The Balaban J connectivity index is 2.32. The Morgan fingerprint density at radius 3 is 2.85 bits per heavy atom. The highest BCUT2D eigenvalue weighted by Gasteiger charge is 2.34. The third-order valence-corrected chi connectivity index (χ3v) is 5.03. The van der Waals surface area contributed by atoms with Crippen molar-refractivity contribution in [1.29, 1.82) is 0 Å². The van der Waals surface area contributed by atoms with Gasteiger partial charge in [-0.15, -0.1) is 11.8 Å². The summed E-state index contributed by atoms with van der Waals surface area (Å²) in [5, 5.41) is 0.0136. The van der Waals surface area contributed by atoms with E-state index < -0.39 is 0 Å². The van der Waals surface area contributed by atoms with Crippen LogP contribution in [-0.4, -0.2) is 49.3 Å². The summed E-state index contributed by atoms with van der Waals surface area (Å²) in [7, 11) is 3.26. The van der Waals surface area contributed by atoms with Crippen molar-refractivity contribution in [2.75, 3.05) is 38.5 Å². The number of amides is 1. The van der Waals surface area contributed by atoms with Crippen molar-refractivity contribution in [2.45, 2.75) is 5.37 Å². The van der Waals surface area contributed by atoms with Gasteiger partial charge < -0.3 is 14.4 Å². The second-order valence-electron chi connectivity index (χ2n) is 4.33. The Morgan fingerprint density at radius 1 is 1.40 bits per heavy atom. The summed E-state index contributed by atoms with van der Waals surface area (Å²) in [5.74, 6) is 3.08. The van der Waals surface area contributed by atoms with Gasteiger partial charge >= 0.3 is 0 Å². The lowest BCUT2D eigenvalue weighted by Gasteiger charge is -2.25. The van der Waals surface area contributed by atoms with Gasteiger partial charge in [-0.3, -0.25) is 4.79 Å². The van der Waals surface area contributed by atoms with Gasteiger partial charge in [-0.25, -0.2) is 0 Å². The number of carbonyl (C=O) groups is 1. The molecule has 1 fully saturated rings. The lowest BCUT2D eigenvalue weighted by Crippen LogP contribution is -2.30.